The molecule has 0 aliphatic rings. The van der Waals surface area contributed by atoms with E-state index in [1.165, 1.54) is 12.2 Å². The van der Waals surface area contributed by atoms with Gasteiger partial charge in [0.15, 0.2) is 0 Å². The molecule has 0 aliphatic heterocycles. The molecule has 0 aliphatic carbocycles. The van der Waals surface area contributed by atoms with E-state index in [9.17, 15) is 0 Å². The summed E-state index contributed by atoms with van der Waals surface area (Å²) >= 11 is 1.29. The first-order valence-electron chi connectivity index (χ1n) is 7.30. The lowest BCUT2D eigenvalue weighted by atomic mass is 9.87. The van der Waals surface area contributed by atoms with Crippen molar-refractivity contribution in [2.45, 2.75) is 33.7 Å². The second-order valence-electron chi connectivity index (χ2n) is 6.02. The number of nitrogens with one attached hydrogen (secondary N) is 1. The standard InChI is InChI=1S/C15H28N4OS/c1-7-19(12-13(16-5)15(2,3)4)20-21-18(6)14-10-8-9-11-17-14/h8-11,13,16H,7,12H2,1-6H3. The van der Waals surface area contributed by atoms with E-state index < -0.39 is 0 Å². The predicted octanol–water partition coefficient (Wildman–Crippen LogP) is 2.97. The highest BCUT2D eigenvalue weighted by Crippen LogP contribution is 2.23. The minimum absolute atomic E-state index is 0.184. The highest BCUT2D eigenvalue weighted by molar-refractivity contribution is 7.96. The minimum atomic E-state index is 0.184. The van der Waals surface area contributed by atoms with Gasteiger partial charge in [-0.15, -0.1) is 0 Å². The van der Waals surface area contributed by atoms with Gasteiger partial charge in [0.25, 0.3) is 0 Å². The van der Waals surface area contributed by atoms with Crippen molar-refractivity contribution >= 4 is 18.0 Å². The molecule has 1 unspecified atom stereocenters. The molecule has 5 nitrogen and oxygen atoms in total. The van der Waals surface area contributed by atoms with Crippen LogP contribution >= 0.6 is 12.2 Å². The molecule has 0 spiro atoms. The van der Waals surface area contributed by atoms with E-state index >= 15 is 0 Å². The number of hydrogen-bond acceptors (Lipinski definition) is 6. The summed E-state index contributed by atoms with van der Waals surface area (Å²) in [5.74, 6) is 0.875. The second-order valence-corrected chi connectivity index (χ2v) is 6.87. The first kappa shape index (κ1) is 18.2. The summed E-state index contributed by atoms with van der Waals surface area (Å²) in [5.41, 5.74) is 0.184. The molecule has 21 heavy (non-hydrogen) atoms. The van der Waals surface area contributed by atoms with Crippen LogP contribution < -0.4 is 9.62 Å². The number of nitrogens with zero attached hydrogens (tertiary/aromatic N) is 3. The second kappa shape index (κ2) is 8.58. The third kappa shape index (κ3) is 6.22. The molecule has 1 N–H and O–H groups in total. The summed E-state index contributed by atoms with van der Waals surface area (Å²) < 4.78 is 7.74. The maximum absolute atomic E-state index is 5.83. The summed E-state index contributed by atoms with van der Waals surface area (Å²) in [7, 11) is 3.94. The molecule has 0 radical (unpaired) electrons. The van der Waals surface area contributed by atoms with Gasteiger partial charge in [0.05, 0.1) is 0 Å². The largest absolute Gasteiger partial charge is 0.315 e. The van der Waals surface area contributed by atoms with E-state index in [1.54, 1.807) is 6.20 Å². The highest BCUT2D eigenvalue weighted by Gasteiger charge is 2.25. The summed E-state index contributed by atoms with van der Waals surface area (Å²) in [5, 5.41) is 5.34. The van der Waals surface area contributed by atoms with Crippen LogP contribution in [0.15, 0.2) is 24.4 Å². The monoisotopic (exact) mass is 312 g/mol. The molecule has 0 saturated carbocycles. The topological polar surface area (TPSA) is 40.6 Å². The molecule has 6 heteroatoms. The summed E-state index contributed by atoms with van der Waals surface area (Å²) in [6.45, 7) is 10.5. The number of aromatic nitrogens is 1. The zero-order valence-electron chi connectivity index (χ0n) is 14.0. The third-order valence-electron chi connectivity index (χ3n) is 3.36. The molecule has 0 saturated heterocycles. The molecule has 0 bridgehead atoms. The maximum Gasteiger partial charge on any atom is 0.139 e. The van der Waals surface area contributed by atoms with Crippen LogP contribution in [0.25, 0.3) is 0 Å². The first-order chi connectivity index (χ1) is 9.88. The van der Waals surface area contributed by atoms with Gasteiger partial charge in [0, 0.05) is 32.4 Å². The number of hydroxylamine groups is 2. The lowest BCUT2D eigenvalue weighted by molar-refractivity contribution is -0.0490. The van der Waals surface area contributed by atoms with Crippen molar-refractivity contribution in [2.24, 2.45) is 5.41 Å². The number of anilines is 1. The summed E-state index contributed by atoms with van der Waals surface area (Å²) in [6, 6.07) is 6.19. The van der Waals surface area contributed by atoms with Crippen LogP contribution in [0.1, 0.15) is 27.7 Å². The van der Waals surface area contributed by atoms with Crippen molar-refractivity contribution < 1.29 is 4.28 Å². The third-order valence-corrected chi connectivity index (χ3v) is 4.04. The molecule has 0 amide bonds. The van der Waals surface area contributed by atoms with Gasteiger partial charge >= 0.3 is 0 Å². The Morgan fingerprint density at radius 3 is 2.57 bits per heavy atom. The highest BCUT2D eigenvalue weighted by atomic mass is 32.2. The van der Waals surface area contributed by atoms with Crippen LogP contribution in [0, 0.1) is 5.41 Å². The van der Waals surface area contributed by atoms with Gasteiger partial charge in [-0.05, 0) is 24.6 Å². The molecule has 0 aromatic carbocycles. The lowest BCUT2D eigenvalue weighted by Crippen LogP contribution is -2.46. The van der Waals surface area contributed by atoms with E-state index in [1.807, 2.05) is 41.7 Å². The van der Waals surface area contributed by atoms with Crippen LogP contribution in [0.4, 0.5) is 5.82 Å². The number of likely N-dealkylation sites (N-methyl/N-ethyl adjacent to an activating group) is 2. The van der Waals surface area contributed by atoms with Gasteiger partial charge in [-0.2, -0.15) is 5.06 Å². The molecular formula is C15H28N4OS. The Bertz CT molecular complexity index is 396. The normalized spacial score (nSPS) is 13.5. The number of rotatable bonds is 8. The van der Waals surface area contributed by atoms with Gasteiger partial charge in [-0.25, -0.2) is 9.27 Å². The van der Waals surface area contributed by atoms with Gasteiger partial charge in [0.2, 0.25) is 0 Å². The number of pyridine rings is 1. The predicted molar refractivity (Wildman–Crippen MR) is 90.9 cm³/mol. The zero-order chi connectivity index (χ0) is 15.9. The van der Waals surface area contributed by atoms with Crippen molar-refractivity contribution in [1.29, 1.82) is 0 Å². The van der Waals surface area contributed by atoms with Crippen LogP contribution in [0.3, 0.4) is 0 Å². The smallest absolute Gasteiger partial charge is 0.139 e. The van der Waals surface area contributed by atoms with Crippen LogP contribution in [-0.2, 0) is 4.28 Å². The average molecular weight is 312 g/mol. The lowest BCUT2D eigenvalue weighted by Gasteiger charge is -2.34. The van der Waals surface area contributed by atoms with Crippen molar-refractivity contribution in [3.8, 4) is 0 Å². The maximum atomic E-state index is 5.83. The van der Waals surface area contributed by atoms with Crippen molar-refractivity contribution in [1.82, 2.24) is 15.4 Å². The summed E-state index contributed by atoms with van der Waals surface area (Å²) in [4.78, 5) is 4.29. The van der Waals surface area contributed by atoms with Gasteiger partial charge < -0.3 is 5.32 Å². The molecule has 1 heterocycles. The molecule has 1 aromatic heterocycles. The Morgan fingerprint density at radius 1 is 1.38 bits per heavy atom. The molecule has 1 rings (SSSR count). The molecule has 1 atom stereocenters. The Morgan fingerprint density at radius 2 is 2.10 bits per heavy atom. The Kier molecular flexibility index (Phi) is 7.45. The minimum Gasteiger partial charge on any atom is -0.315 e. The fraction of sp³-hybridized carbons (Fsp3) is 0.667. The van der Waals surface area contributed by atoms with Crippen LogP contribution in [0.2, 0.25) is 0 Å². The molecule has 120 valence electrons. The van der Waals surface area contributed by atoms with Crippen molar-refractivity contribution in [2.75, 3.05) is 31.5 Å². The summed E-state index contributed by atoms with van der Waals surface area (Å²) in [6.07, 6.45) is 1.78. The van der Waals surface area contributed by atoms with E-state index in [-0.39, 0.29) is 5.41 Å². The van der Waals surface area contributed by atoms with E-state index in [4.69, 9.17) is 4.28 Å². The Balaban J connectivity index is 2.51. The number of hydrogen-bond donors (Lipinski definition) is 1. The average Bonchev–Trinajstić information content (AvgIpc) is 2.46. The van der Waals surface area contributed by atoms with Crippen molar-refractivity contribution in [3.63, 3.8) is 0 Å². The Labute approximate surface area is 133 Å². The molecular weight excluding hydrogens is 284 g/mol. The molecule has 0 fully saturated rings. The van der Waals surface area contributed by atoms with Crippen LogP contribution in [-0.4, -0.2) is 43.3 Å². The van der Waals surface area contributed by atoms with Gasteiger partial charge in [-0.1, -0.05) is 33.8 Å². The van der Waals surface area contributed by atoms with E-state index in [0.29, 0.717) is 6.04 Å². The SMILES string of the molecule is CCN(CC(NC)C(C)(C)C)OSN(C)c1ccccn1. The van der Waals surface area contributed by atoms with E-state index in [2.05, 4.69) is 38.0 Å². The Hall–Kier alpha value is -0.820. The van der Waals surface area contributed by atoms with Crippen molar-refractivity contribution in [3.05, 3.63) is 24.4 Å². The fourth-order valence-electron chi connectivity index (χ4n) is 1.89. The molecule has 1 aromatic rings. The zero-order valence-corrected chi connectivity index (χ0v) is 14.8. The van der Waals surface area contributed by atoms with E-state index in [0.717, 1.165) is 18.9 Å². The quantitative estimate of drug-likeness (QED) is 0.452. The van der Waals surface area contributed by atoms with Gasteiger partial charge in [-0.3, -0.25) is 4.31 Å². The van der Waals surface area contributed by atoms with Gasteiger partial charge in [0.1, 0.15) is 18.0 Å². The fourth-order valence-corrected chi connectivity index (χ4v) is 2.43. The first-order valence-corrected chi connectivity index (χ1v) is 8.00. The van der Waals surface area contributed by atoms with Crippen LogP contribution in [0.5, 0.6) is 0 Å².